The molecule has 0 bridgehead atoms. The van der Waals surface area contributed by atoms with Gasteiger partial charge < -0.3 is 4.74 Å². The number of nitrogens with zero attached hydrogens (tertiary/aromatic N) is 5. The van der Waals surface area contributed by atoms with Crippen molar-refractivity contribution in [1.82, 2.24) is 24.3 Å². The van der Waals surface area contributed by atoms with Crippen molar-refractivity contribution in [2.75, 3.05) is 13.2 Å². The molecule has 3 aromatic heterocycles. The van der Waals surface area contributed by atoms with Crippen LogP contribution in [0.1, 0.15) is 30.0 Å². The second kappa shape index (κ2) is 8.26. The molecule has 33 heavy (non-hydrogen) atoms. The van der Waals surface area contributed by atoms with Gasteiger partial charge in [-0.05, 0) is 54.0 Å². The predicted octanol–water partition coefficient (Wildman–Crippen LogP) is 4.07. The summed E-state index contributed by atoms with van der Waals surface area (Å²) in [4.78, 5) is 22.8. The molecule has 5 aromatic rings. The van der Waals surface area contributed by atoms with Gasteiger partial charge in [-0.15, -0.1) is 0 Å². The van der Waals surface area contributed by atoms with Gasteiger partial charge in [0.15, 0.2) is 5.82 Å². The van der Waals surface area contributed by atoms with Gasteiger partial charge in [0.2, 0.25) is 0 Å². The Kier molecular flexibility index (Phi) is 4.96. The molecule has 1 saturated heterocycles. The van der Waals surface area contributed by atoms with Gasteiger partial charge in [0.1, 0.15) is 0 Å². The van der Waals surface area contributed by atoms with Crippen molar-refractivity contribution in [3.8, 4) is 5.82 Å². The lowest BCUT2D eigenvalue weighted by molar-refractivity contribution is 0.0578. The highest BCUT2D eigenvalue weighted by Crippen LogP contribution is 2.28. The summed E-state index contributed by atoms with van der Waals surface area (Å²) in [6, 6.07) is 16.1. The molecule has 4 heterocycles. The van der Waals surface area contributed by atoms with E-state index in [9.17, 15) is 4.79 Å². The first-order valence-electron chi connectivity index (χ1n) is 11.2. The third kappa shape index (κ3) is 3.60. The fourth-order valence-electron chi connectivity index (χ4n) is 4.68. The van der Waals surface area contributed by atoms with E-state index in [-0.39, 0.29) is 11.6 Å². The molecule has 7 heteroatoms. The summed E-state index contributed by atoms with van der Waals surface area (Å²) in [5.41, 5.74) is 2.90. The van der Waals surface area contributed by atoms with Crippen LogP contribution in [0.25, 0.3) is 27.5 Å². The minimum Gasteiger partial charge on any atom is -0.379 e. The second-order valence-electron chi connectivity index (χ2n) is 8.46. The Balaban J connectivity index is 1.45. The molecule has 1 aliphatic rings. The minimum atomic E-state index is -0.00495. The molecule has 0 aliphatic carbocycles. The van der Waals surface area contributed by atoms with Gasteiger partial charge in [-0.2, -0.15) is 5.10 Å². The molecule has 0 amide bonds. The maximum absolute atomic E-state index is 13.5. The van der Waals surface area contributed by atoms with E-state index < -0.39 is 0 Å². The van der Waals surface area contributed by atoms with E-state index in [2.05, 4.69) is 22.2 Å². The zero-order valence-corrected chi connectivity index (χ0v) is 18.1. The fraction of sp³-hybridized carbons (Fsp3) is 0.231. The van der Waals surface area contributed by atoms with Crippen LogP contribution >= 0.6 is 0 Å². The smallest absolute Gasteiger partial charge is 0.261 e. The largest absolute Gasteiger partial charge is 0.379 e. The van der Waals surface area contributed by atoms with Gasteiger partial charge in [-0.25, -0.2) is 14.6 Å². The molecule has 0 radical (unpaired) electrons. The van der Waals surface area contributed by atoms with Gasteiger partial charge in [0, 0.05) is 30.6 Å². The molecule has 1 aliphatic heterocycles. The number of hydrogen-bond donors (Lipinski definition) is 0. The monoisotopic (exact) mass is 437 g/mol. The van der Waals surface area contributed by atoms with Crippen LogP contribution in [-0.2, 0) is 11.2 Å². The predicted molar refractivity (Wildman–Crippen MR) is 127 cm³/mol. The van der Waals surface area contributed by atoms with E-state index >= 15 is 0 Å². The Morgan fingerprint density at radius 2 is 1.94 bits per heavy atom. The first-order valence-corrected chi connectivity index (χ1v) is 11.2. The third-order valence-electron chi connectivity index (χ3n) is 6.35. The first kappa shape index (κ1) is 19.8. The van der Waals surface area contributed by atoms with Gasteiger partial charge in [-0.3, -0.25) is 9.36 Å². The average Bonchev–Trinajstić information content (AvgIpc) is 3.41. The van der Waals surface area contributed by atoms with Crippen LogP contribution in [-0.4, -0.2) is 37.5 Å². The molecular formula is C26H23N5O2. The molecule has 1 atom stereocenters. The molecule has 2 aromatic carbocycles. The van der Waals surface area contributed by atoms with Gasteiger partial charge in [0.05, 0.1) is 29.9 Å². The zero-order chi connectivity index (χ0) is 22.2. The maximum atomic E-state index is 13.5. The van der Waals surface area contributed by atoms with Crippen molar-refractivity contribution in [2.45, 2.75) is 25.3 Å². The molecule has 0 spiro atoms. The fourth-order valence-corrected chi connectivity index (χ4v) is 4.68. The molecule has 0 saturated carbocycles. The molecule has 6 rings (SSSR count). The summed E-state index contributed by atoms with van der Waals surface area (Å²) >= 11 is 0. The van der Waals surface area contributed by atoms with Gasteiger partial charge in [0.25, 0.3) is 5.56 Å². The zero-order valence-electron chi connectivity index (χ0n) is 18.1. The number of aromatic nitrogens is 5. The molecular weight excluding hydrogens is 414 g/mol. The summed E-state index contributed by atoms with van der Waals surface area (Å²) in [6.07, 6.45) is 9.72. The summed E-state index contributed by atoms with van der Waals surface area (Å²) in [5, 5.41) is 6.98. The van der Waals surface area contributed by atoms with Crippen LogP contribution in [0.3, 0.4) is 0 Å². The third-order valence-corrected chi connectivity index (χ3v) is 6.35. The van der Waals surface area contributed by atoms with E-state index in [1.165, 1.54) is 0 Å². The Labute approximate surface area is 190 Å². The number of benzene rings is 2. The molecule has 1 unspecified atom stereocenters. The summed E-state index contributed by atoms with van der Waals surface area (Å²) in [5.74, 6) is 0.772. The highest BCUT2D eigenvalue weighted by molar-refractivity contribution is 6.06. The van der Waals surface area contributed by atoms with E-state index in [4.69, 9.17) is 9.72 Å². The van der Waals surface area contributed by atoms with Crippen molar-refractivity contribution < 1.29 is 4.74 Å². The first-order chi connectivity index (χ1) is 16.3. The Morgan fingerprint density at radius 1 is 1.03 bits per heavy atom. The molecule has 7 nitrogen and oxygen atoms in total. The average molecular weight is 438 g/mol. The topological polar surface area (TPSA) is 74.8 Å². The molecule has 0 N–H and O–H groups in total. The molecule has 164 valence electrons. The van der Waals surface area contributed by atoms with Crippen LogP contribution in [0.2, 0.25) is 0 Å². The molecule has 1 fully saturated rings. The van der Waals surface area contributed by atoms with Crippen molar-refractivity contribution in [3.05, 3.63) is 94.9 Å². The SMILES string of the molecule is O=c1c2cc(Cc3ccc(-n4cccn4)nc3)c3ccccc3c2ncn1C1CCCOC1. The Hall–Kier alpha value is -3.84. The van der Waals surface area contributed by atoms with E-state index in [0.717, 1.165) is 52.7 Å². The van der Waals surface area contributed by atoms with Gasteiger partial charge >= 0.3 is 0 Å². The van der Waals surface area contributed by atoms with Crippen molar-refractivity contribution in [1.29, 1.82) is 0 Å². The van der Waals surface area contributed by atoms with Crippen LogP contribution < -0.4 is 5.56 Å². The highest BCUT2D eigenvalue weighted by atomic mass is 16.5. The van der Waals surface area contributed by atoms with E-state index in [0.29, 0.717) is 18.4 Å². The lowest BCUT2D eigenvalue weighted by Gasteiger charge is -2.24. The van der Waals surface area contributed by atoms with Crippen molar-refractivity contribution in [2.24, 2.45) is 0 Å². The number of hydrogen-bond acceptors (Lipinski definition) is 5. The summed E-state index contributed by atoms with van der Waals surface area (Å²) in [7, 11) is 0. The van der Waals surface area contributed by atoms with Crippen molar-refractivity contribution >= 4 is 21.7 Å². The van der Waals surface area contributed by atoms with E-state index in [1.54, 1.807) is 21.8 Å². The minimum absolute atomic E-state index is 0.00495. The van der Waals surface area contributed by atoms with Crippen LogP contribution in [0, 0.1) is 0 Å². The summed E-state index contributed by atoms with van der Waals surface area (Å²) < 4.78 is 9.10. The quantitative estimate of drug-likeness (QED) is 0.396. The van der Waals surface area contributed by atoms with Gasteiger partial charge in [-0.1, -0.05) is 30.3 Å². The van der Waals surface area contributed by atoms with Crippen LogP contribution in [0.5, 0.6) is 0 Å². The lowest BCUT2D eigenvalue weighted by atomic mass is 9.96. The number of rotatable bonds is 4. The maximum Gasteiger partial charge on any atom is 0.261 e. The summed E-state index contributed by atoms with van der Waals surface area (Å²) in [6.45, 7) is 1.32. The second-order valence-corrected chi connectivity index (χ2v) is 8.46. The Morgan fingerprint density at radius 3 is 2.70 bits per heavy atom. The highest BCUT2D eigenvalue weighted by Gasteiger charge is 2.19. The number of pyridine rings is 1. The normalized spacial score (nSPS) is 16.4. The van der Waals surface area contributed by atoms with Crippen molar-refractivity contribution in [3.63, 3.8) is 0 Å². The van der Waals surface area contributed by atoms with Crippen LogP contribution in [0.15, 0.2) is 78.2 Å². The van der Waals surface area contributed by atoms with Crippen LogP contribution in [0.4, 0.5) is 0 Å². The lowest BCUT2D eigenvalue weighted by Crippen LogP contribution is -2.30. The standard InChI is InChI=1S/C26H23N5O2/c32-26-23-14-19(13-18-8-9-24(27-15-18)31-11-4-10-29-31)21-6-1-2-7-22(21)25(23)28-17-30(26)20-5-3-12-33-16-20/h1-2,4,6-11,14-15,17,20H,3,5,12-13,16H2. The number of fused-ring (bicyclic) bond motifs is 3. The number of ether oxygens (including phenoxy) is 1. The van der Waals surface area contributed by atoms with E-state index in [1.807, 2.05) is 48.8 Å². The Bertz CT molecular complexity index is 1480.